The number of ether oxygens (including phenoxy) is 1. The Hall–Kier alpha value is -2.73. The molecule has 1 aromatic heterocycles. The molecular weight excluding hydrogens is 366 g/mol. The van der Waals surface area contributed by atoms with E-state index in [0.29, 0.717) is 26.1 Å². The van der Waals surface area contributed by atoms with Crippen LogP contribution in [0.15, 0.2) is 48.8 Å². The number of nitrogens with zero attached hydrogens (tertiary/aromatic N) is 2. The van der Waals surface area contributed by atoms with Crippen molar-refractivity contribution in [2.75, 3.05) is 26.2 Å². The van der Waals surface area contributed by atoms with Crippen LogP contribution in [-0.2, 0) is 20.7 Å². The molecule has 0 unspecified atom stereocenters. The molecule has 1 saturated heterocycles. The van der Waals surface area contributed by atoms with Gasteiger partial charge < -0.3 is 15.0 Å². The van der Waals surface area contributed by atoms with Crippen LogP contribution < -0.4 is 5.32 Å². The predicted octanol–water partition coefficient (Wildman–Crippen LogP) is 2.68. The van der Waals surface area contributed by atoms with E-state index in [0.717, 1.165) is 16.7 Å². The van der Waals surface area contributed by atoms with Gasteiger partial charge in [0, 0.05) is 43.4 Å². The number of hydrogen-bond donors (Lipinski definition) is 1. The highest BCUT2D eigenvalue weighted by Crippen LogP contribution is 2.30. The number of carbonyl (C=O) groups is 2. The van der Waals surface area contributed by atoms with E-state index in [1.807, 2.05) is 63.4 Å². The van der Waals surface area contributed by atoms with Crippen molar-refractivity contribution in [2.45, 2.75) is 32.8 Å². The van der Waals surface area contributed by atoms with Crippen LogP contribution in [0, 0.1) is 5.92 Å². The van der Waals surface area contributed by atoms with Crippen molar-refractivity contribution in [1.29, 1.82) is 0 Å². The van der Waals surface area contributed by atoms with E-state index in [1.165, 1.54) is 0 Å². The highest BCUT2D eigenvalue weighted by Gasteiger charge is 2.45. The molecule has 1 aliphatic heterocycles. The van der Waals surface area contributed by atoms with Crippen LogP contribution in [0.2, 0.25) is 0 Å². The van der Waals surface area contributed by atoms with Crippen LogP contribution in [0.1, 0.15) is 26.3 Å². The number of pyridine rings is 1. The first-order chi connectivity index (χ1) is 14.0. The summed E-state index contributed by atoms with van der Waals surface area (Å²) in [7, 11) is 0. The van der Waals surface area contributed by atoms with Crippen molar-refractivity contribution in [3.63, 3.8) is 0 Å². The number of amides is 2. The molecule has 0 saturated carbocycles. The summed E-state index contributed by atoms with van der Waals surface area (Å²) in [5.41, 5.74) is 1.88. The van der Waals surface area contributed by atoms with E-state index in [4.69, 9.17) is 4.74 Å². The van der Waals surface area contributed by atoms with E-state index in [9.17, 15) is 9.59 Å². The first-order valence-corrected chi connectivity index (χ1v) is 10.2. The zero-order valence-corrected chi connectivity index (χ0v) is 17.4. The third-order valence-corrected chi connectivity index (χ3v) is 5.21. The molecule has 3 rings (SSSR count). The molecule has 1 aliphatic rings. The van der Waals surface area contributed by atoms with Gasteiger partial charge >= 0.3 is 0 Å². The molecule has 1 N–H and O–H groups in total. The van der Waals surface area contributed by atoms with Gasteiger partial charge in [0.1, 0.15) is 0 Å². The normalized spacial score (nSPS) is 19.2. The number of likely N-dealkylation sites (N-methyl/N-ethyl adjacent to an activating group) is 1. The summed E-state index contributed by atoms with van der Waals surface area (Å²) in [5, 5.41) is 2.91. The SMILES string of the molecule is CCNC(=O)[C@]1(Cc2ccccc2-c2cccnc2)CN(C(=O)C(C)C)CCO1. The van der Waals surface area contributed by atoms with Gasteiger partial charge in [0.15, 0.2) is 5.60 Å². The first kappa shape index (κ1) is 21.0. The van der Waals surface area contributed by atoms with E-state index >= 15 is 0 Å². The summed E-state index contributed by atoms with van der Waals surface area (Å²) in [5.74, 6) is -0.257. The maximum atomic E-state index is 13.1. The molecule has 1 atom stereocenters. The summed E-state index contributed by atoms with van der Waals surface area (Å²) < 4.78 is 6.11. The lowest BCUT2D eigenvalue weighted by molar-refractivity contribution is -0.167. The number of hydrogen-bond acceptors (Lipinski definition) is 4. The Balaban J connectivity index is 1.97. The van der Waals surface area contributed by atoms with Crippen molar-refractivity contribution in [1.82, 2.24) is 15.2 Å². The molecule has 1 aromatic carbocycles. The minimum atomic E-state index is -1.11. The smallest absolute Gasteiger partial charge is 0.254 e. The molecule has 2 amide bonds. The second kappa shape index (κ2) is 9.18. The summed E-state index contributed by atoms with van der Waals surface area (Å²) in [6.45, 7) is 7.23. The summed E-state index contributed by atoms with van der Waals surface area (Å²) in [4.78, 5) is 31.7. The Morgan fingerprint density at radius 1 is 1.24 bits per heavy atom. The first-order valence-electron chi connectivity index (χ1n) is 10.2. The second-order valence-corrected chi connectivity index (χ2v) is 7.69. The lowest BCUT2D eigenvalue weighted by Crippen LogP contribution is -2.62. The molecule has 1 fully saturated rings. The average Bonchev–Trinajstić information content (AvgIpc) is 2.74. The van der Waals surface area contributed by atoms with Gasteiger partial charge in [-0.25, -0.2) is 0 Å². The lowest BCUT2D eigenvalue weighted by atomic mass is 9.87. The number of nitrogens with one attached hydrogen (secondary N) is 1. The molecular formula is C23H29N3O3. The Morgan fingerprint density at radius 3 is 2.72 bits per heavy atom. The lowest BCUT2D eigenvalue weighted by Gasteiger charge is -2.42. The molecule has 6 heteroatoms. The Labute approximate surface area is 172 Å². The van der Waals surface area contributed by atoms with Crippen molar-refractivity contribution >= 4 is 11.8 Å². The molecule has 0 radical (unpaired) electrons. The van der Waals surface area contributed by atoms with Gasteiger partial charge in [-0.1, -0.05) is 44.2 Å². The number of morpholine rings is 1. The molecule has 6 nitrogen and oxygen atoms in total. The van der Waals surface area contributed by atoms with Gasteiger partial charge in [-0.15, -0.1) is 0 Å². The monoisotopic (exact) mass is 395 g/mol. The molecule has 0 aliphatic carbocycles. The minimum Gasteiger partial charge on any atom is -0.361 e. The fraction of sp³-hybridized carbons (Fsp3) is 0.435. The Morgan fingerprint density at radius 2 is 2.03 bits per heavy atom. The van der Waals surface area contributed by atoms with E-state index in [2.05, 4.69) is 10.3 Å². The molecule has 2 aromatic rings. The number of rotatable bonds is 6. The summed E-state index contributed by atoms with van der Waals surface area (Å²) >= 11 is 0. The van der Waals surface area contributed by atoms with Gasteiger partial charge in [-0.05, 0) is 24.1 Å². The Bertz CT molecular complexity index is 853. The average molecular weight is 396 g/mol. The van der Waals surface area contributed by atoms with Crippen LogP contribution in [-0.4, -0.2) is 53.5 Å². The largest absolute Gasteiger partial charge is 0.361 e. The molecule has 29 heavy (non-hydrogen) atoms. The number of benzene rings is 1. The van der Waals surface area contributed by atoms with Gasteiger partial charge in [0.05, 0.1) is 13.2 Å². The van der Waals surface area contributed by atoms with Gasteiger partial charge in [0.25, 0.3) is 5.91 Å². The van der Waals surface area contributed by atoms with Crippen LogP contribution in [0.4, 0.5) is 0 Å². The van der Waals surface area contributed by atoms with Gasteiger partial charge in [-0.3, -0.25) is 14.6 Å². The minimum absolute atomic E-state index is 0.0440. The maximum absolute atomic E-state index is 13.1. The van der Waals surface area contributed by atoms with Gasteiger partial charge in [0.2, 0.25) is 5.91 Å². The predicted molar refractivity (Wildman–Crippen MR) is 112 cm³/mol. The van der Waals surface area contributed by atoms with Gasteiger partial charge in [-0.2, -0.15) is 0 Å². The van der Waals surface area contributed by atoms with Crippen LogP contribution in [0.3, 0.4) is 0 Å². The van der Waals surface area contributed by atoms with Crippen LogP contribution in [0.5, 0.6) is 0 Å². The third kappa shape index (κ3) is 4.65. The quantitative estimate of drug-likeness (QED) is 0.816. The fourth-order valence-electron chi connectivity index (χ4n) is 3.77. The molecule has 0 bridgehead atoms. The van der Waals surface area contributed by atoms with E-state index < -0.39 is 5.60 Å². The highest BCUT2D eigenvalue weighted by atomic mass is 16.5. The maximum Gasteiger partial charge on any atom is 0.254 e. The summed E-state index contributed by atoms with van der Waals surface area (Å²) in [6, 6.07) is 11.9. The zero-order chi connectivity index (χ0) is 20.9. The van der Waals surface area contributed by atoms with Crippen molar-refractivity contribution < 1.29 is 14.3 Å². The van der Waals surface area contributed by atoms with Crippen molar-refractivity contribution in [2.24, 2.45) is 5.92 Å². The fourth-order valence-corrected chi connectivity index (χ4v) is 3.77. The topological polar surface area (TPSA) is 71.5 Å². The number of aromatic nitrogens is 1. The summed E-state index contributed by atoms with van der Waals surface area (Å²) in [6.07, 6.45) is 3.93. The third-order valence-electron chi connectivity index (χ3n) is 5.21. The number of carbonyl (C=O) groups excluding carboxylic acids is 2. The van der Waals surface area contributed by atoms with E-state index in [-0.39, 0.29) is 24.3 Å². The van der Waals surface area contributed by atoms with Crippen LogP contribution in [0.25, 0.3) is 11.1 Å². The van der Waals surface area contributed by atoms with Crippen LogP contribution >= 0.6 is 0 Å². The van der Waals surface area contributed by atoms with E-state index in [1.54, 1.807) is 11.1 Å². The van der Waals surface area contributed by atoms with Crippen molar-refractivity contribution in [3.05, 3.63) is 54.4 Å². The second-order valence-electron chi connectivity index (χ2n) is 7.69. The Kier molecular flexibility index (Phi) is 6.64. The molecule has 2 heterocycles. The highest BCUT2D eigenvalue weighted by molar-refractivity contribution is 5.88. The zero-order valence-electron chi connectivity index (χ0n) is 17.4. The molecule has 154 valence electrons. The standard InChI is InChI=1S/C23H29N3O3/c1-4-25-22(28)23(16-26(12-13-29-23)21(27)17(2)3)14-18-8-5-6-10-20(18)19-9-7-11-24-15-19/h5-11,15,17H,4,12-14,16H2,1-3H3,(H,25,28)/t23-/m0/s1. The van der Waals surface area contributed by atoms with Crippen molar-refractivity contribution in [3.8, 4) is 11.1 Å². The molecule has 0 spiro atoms.